The van der Waals surface area contributed by atoms with Gasteiger partial charge in [0.2, 0.25) is 11.0 Å². The Morgan fingerprint density at radius 1 is 1.34 bits per heavy atom. The molecule has 4 rings (SSSR count). The molecule has 150 valence electrons. The van der Waals surface area contributed by atoms with Crippen LogP contribution in [0, 0.1) is 5.92 Å². The number of hydrogen-bond donors (Lipinski definition) is 1. The molecule has 0 saturated carbocycles. The van der Waals surface area contributed by atoms with Gasteiger partial charge in [-0.3, -0.25) is 9.59 Å². The first-order valence-electron chi connectivity index (χ1n) is 9.12. The van der Waals surface area contributed by atoms with E-state index in [1.54, 1.807) is 23.6 Å². The quantitative estimate of drug-likeness (QED) is 0.685. The second kappa shape index (κ2) is 8.39. The average molecular weight is 413 g/mol. The molecule has 29 heavy (non-hydrogen) atoms. The molecule has 0 spiro atoms. The molecule has 3 heterocycles. The largest absolute Gasteiger partial charge is 0.496 e. The Bertz CT molecular complexity index is 1000. The summed E-state index contributed by atoms with van der Waals surface area (Å²) in [5.74, 6) is 0.358. The number of nitrogens with zero attached hydrogens (tertiary/aromatic N) is 4. The van der Waals surface area contributed by atoms with Crippen LogP contribution in [0.25, 0.3) is 11.3 Å². The van der Waals surface area contributed by atoms with E-state index in [0.717, 1.165) is 12.0 Å². The molecule has 3 aromatic rings. The maximum absolute atomic E-state index is 12.9. The van der Waals surface area contributed by atoms with E-state index in [2.05, 4.69) is 20.7 Å². The Morgan fingerprint density at radius 3 is 3.00 bits per heavy atom. The van der Waals surface area contributed by atoms with Gasteiger partial charge in [-0.15, -0.1) is 10.2 Å². The summed E-state index contributed by atoms with van der Waals surface area (Å²) in [5.41, 5.74) is 2.47. The Balaban J connectivity index is 1.45. The highest BCUT2D eigenvalue weighted by Gasteiger charge is 2.31. The van der Waals surface area contributed by atoms with Gasteiger partial charge in [0, 0.05) is 19.2 Å². The lowest BCUT2D eigenvalue weighted by Crippen LogP contribution is -2.43. The summed E-state index contributed by atoms with van der Waals surface area (Å²) < 4.78 is 10.7. The standard InChI is InChI=1S/C19H19N5O4S/c1-27-15-7-3-2-6-13(15)16-9-14(23-28-16)18(26)24-8-4-5-12(10-24)17(25)21-19-22-20-11-29-19/h2-3,6-7,9,11-12H,4-5,8,10H2,1H3,(H,21,22,25)/t12-/m0/s1. The third-order valence-electron chi connectivity index (χ3n) is 4.77. The molecule has 9 nitrogen and oxygen atoms in total. The van der Waals surface area contributed by atoms with E-state index in [-0.39, 0.29) is 23.4 Å². The molecule has 1 fully saturated rings. The third-order valence-corrected chi connectivity index (χ3v) is 5.38. The molecular weight excluding hydrogens is 394 g/mol. The third kappa shape index (κ3) is 4.11. The number of carbonyl (C=O) groups excluding carboxylic acids is 2. The SMILES string of the molecule is COc1ccccc1-c1cc(C(=O)N2CCC[C@H](C(=O)Nc3nncs3)C2)no1. The Labute approximate surface area is 170 Å². The maximum atomic E-state index is 12.9. The van der Waals surface area contributed by atoms with E-state index in [1.807, 2.05) is 24.3 Å². The zero-order chi connectivity index (χ0) is 20.2. The van der Waals surface area contributed by atoms with Crippen molar-refractivity contribution in [1.29, 1.82) is 0 Å². The van der Waals surface area contributed by atoms with Crippen molar-refractivity contribution in [2.24, 2.45) is 5.92 Å². The highest BCUT2D eigenvalue weighted by molar-refractivity contribution is 7.13. The summed E-state index contributed by atoms with van der Waals surface area (Å²) in [7, 11) is 1.57. The number of benzene rings is 1. The van der Waals surface area contributed by atoms with E-state index in [4.69, 9.17) is 9.26 Å². The van der Waals surface area contributed by atoms with Crippen LogP contribution in [0.3, 0.4) is 0 Å². The normalized spacial score (nSPS) is 16.4. The minimum atomic E-state index is -0.308. The van der Waals surface area contributed by atoms with Crippen LogP contribution in [0.4, 0.5) is 5.13 Å². The van der Waals surface area contributed by atoms with E-state index >= 15 is 0 Å². The molecule has 2 amide bonds. The highest BCUT2D eigenvalue weighted by atomic mass is 32.1. The summed E-state index contributed by atoms with van der Waals surface area (Å²) in [4.78, 5) is 27.0. The van der Waals surface area contributed by atoms with Crippen LogP contribution in [0.2, 0.25) is 0 Å². The second-order valence-corrected chi connectivity index (χ2v) is 7.43. The average Bonchev–Trinajstić information content (AvgIpc) is 3.45. The predicted molar refractivity (Wildman–Crippen MR) is 106 cm³/mol. The monoisotopic (exact) mass is 413 g/mol. The van der Waals surface area contributed by atoms with E-state index < -0.39 is 0 Å². The molecule has 1 atom stereocenters. The summed E-state index contributed by atoms with van der Waals surface area (Å²) in [6.07, 6.45) is 1.44. The van der Waals surface area contributed by atoms with Crippen LogP contribution in [0.1, 0.15) is 23.3 Å². The van der Waals surface area contributed by atoms with Crippen LogP contribution in [0.5, 0.6) is 5.75 Å². The van der Waals surface area contributed by atoms with Crippen molar-refractivity contribution in [3.05, 3.63) is 41.5 Å². The highest BCUT2D eigenvalue weighted by Crippen LogP contribution is 2.30. The number of nitrogens with one attached hydrogen (secondary N) is 1. The smallest absolute Gasteiger partial charge is 0.276 e. The lowest BCUT2D eigenvalue weighted by molar-refractivity contribution is -0.121. The fourth-order valence-corrected chi connectivity index (χ4v) is 3.77. The Hall–Kier alpha value is -3.27. The van der Waals surface area contributed by atoms with Gasteiger partial charge in [-0.05, 0) is 25.0 Å². The zero-order valence-electron chi connectivity index (χ0n) is 15.7. The van der Waals surface area contributed by atoms with E-state index in [1.165, 1.54) is 11.3 Å². The Kier molecular flexibility index (Phi) is 5.52. The number of hydrogen-bond acceptors (Lipinski definition) is 8. The van der Waals surface area contributed by atoms with Crippen molar-refractivity contribution in [2.45, 2.75) is 12.8 Å². The minimum Gasteiger partial charge on any atom is -0.496 e. The first kappa shape index (κ1) is 19.1. The fourth-order valence-electron chi connectivity index (χ4n) is 3.32. The first-order valence-corrected chi connectivity index (χ1v) is 10.00. The summed E-state index contributed by atoms with van der Waals surface area (Å²) in [6.45, 7) is 0.887. The second-order valence-electron chi connectivity index (χ2n) is 6.60. The molecule has 1 aliphatic heterocycles. The number of likely N-dealkylation sites (tertiary alicyclic amines) is 1. The summed E-state index contributed by atoms with van der Waals surface area (Å²) in [5, 5.41) is 14.7. The number of carbonyl (C=O) groups is 2. The van der Waals surface area contributed by atoms with E-state index in [0.29, 0.717) is 36.2 Å². The molecule has 10 heteroatoms. The van der Waals surface area contributed by atoms with Crippen molar-refractivity contribution in [1.82, 2.24) is 20.3 Å². The number of anilines is 1. The summed E-state index contributed by atoms with van der Waals surface area (Å²) >= 11 is 1.26. The number of piperidine rings is 1. The van der Waals surface area contributed by atoms with Crippen LogP contribution in [0.15, 0.2) is 40.4 Å². The van der Waals surface area contributed by atoms with Crippen LogP contribution >= 0.6 is 11.3 Å². The molecule has 0 unspecified atom stereocenters. The van der Waals surface area contributed by atoms with Gasteiger partial charge in [0.25, 0.3) is 5.91 Å². The van der Waals surface area contributed by atoms with Crippen molar-refractivity contribution in [3.63, 3.8) is 0 Å². The molecule has 1 aromatic carbocycles. The van der Waals surface area contributed by atoms with Gasteiger partial charge >= 0.3 is 0 Å². The number of rotatable bonds is 5. The van der Waals surface area contributed by atoms with Gasteiger partial charge < -0.3 is 19.5 Å². The fraction of sp³-hybridized carbons (Fsp3) is 0.316. The topological polar surface area (TPSA) is 110 Å². The molecule has 1 saturated heterocycles. The van der Waals surface area contributed by atoms with E-state index in [9.17, 15) is 9.59 Å². The van der Waals surface area contributed by atoms with Gasteiger partial charge in [-0.2, -0.15) is 0 Å². The molecular formula is C19H19N5O4S. The number of amides is 2. The van der Waals surface area contributed by atoms with Crippen molar-refractivity contribution >= 4 is 28.3 Å². The minimum absolute atomic E-state index is 0.158. The van der Waals surface area contributed by atoms with Crippen molar-refractivity contribution in [2.75, 3.05) is 25.5 Å². The van der Waals surface area contributed by atoms with Gasteiger partial charge in [-0.25, -0.2) is 0 Å². The van der Waals surface area contributed by atoms with Gasteiger partial charge in [-0.1, -0.05) is 28.6 Å². The maximum Gasteiger partial charge on any atom is 0.276 e. The molecule has 2 aromatic heterocycles. The number of methoxy groups -OCH3 is 1. The molecule has 0 aliphatic carbocycles. The van der Waals surface area contributed by atoms with Crippen LogP contribution in [-0.4, -0.2) is 52.3 Å². The first-order chi connectivity index (χ1) is 14.2. The van der Waals surface area contributed by atoms with Crippen LogP contribution < -0.4 is 10.1 Å². The Morgan fingerprint density at radius 2 is 2.21 bits per heavy atom. The molecule has 0 radical (unpaired) electrons. The lowest BCUT2D eigenvalue weighted by atomic mass is 9.97. The van der Waals surface area contributed by atoms with Crippen molar-refractivity contribution in [3.8, 4) is 17.1 Å². The lowest BCUT2D eigenvalue weighted by Gasteiger charge is -2.31. The number of para-hydroxylation sites is 1. The van der Waals surface area contributed by atoms with Gasteiger partial charge in [0.15, 0.2) is 11.5 Å². The van der Waals surface area contributed by atoms with Gasteiger partial charge in [0.05, 0.1) is 18.6 Å². The number of aromatic nitrogens is 3. The molecule has 1 aliphatic rings. The molecule has 1 N–H and O–H groups in total. The van der Waals surface area contributed by atoms with Gasteiger partial charge in [0.1, 0.15) is 11.3 Å². The zero-order valence-corrected chi connectivity index (χ0v) is 16.5. The summed E-state index contributed by atoms with van der Waals surface area (Å²) in [6, 6.07) is 8.96. The van der Waals surface area contributed by atoms with Crippen molar-refractivity contribution < 1.29 is 18.8 Å². The number of ether oxygens (including phenoxy) is 1. The van der Waals surface area contributed by atoms with Crippen LogP contribution in [-0.2, 0) is 4.79 Å². The predicted octanol–water partition coefficient (Wildman–Crippen LogP) is 2.69. The molecule has 0 bridgehead atoms.